The molecule has 1 aliphatic rings. The SMILES string of the molecule is CC=Cc1ccc2c(c1)-c1cc(C=CC)ccc1C2. The van der Waals surface area contributed by atoms with Crippen LogP contribution in [0.4, 0.5) is 0 Å². The van der Waals surface area contributed by atoms with E-state index in [-0.39, 0.29) is 0 Å². The molecule has 0 saturated heterocycles. The van der Waals surface area contributed by atoms with Gasteiger partial charge in [0.25, 0.3) is 0 Å². The number of allylic oxidation sites excluding steroid dienone is 2. The number of rotatable bonds is 2. The van der Waals surface area contributed by atoms with Crippen LogP contribution < -0.4 is 0 Å². The van der Waals surface area contributed by atoms with Crippen molar-refractivity contribution in [3.8, 4) is 11.1 Å². The summed E-state index contributed by atoms with van der Waals surface area (Å²) in [5.41, 5.74) is 8.26. The lowest BCUT2D eigenvalue weighted by Crippen LogP contribution is -1.81. The van der Waals surface area contributed by atoms with Gasteiger partial charge in [-0.1, -0.05) is 48.6 Å². The summed E-state index contributed by atoms with van der Waals surface area (Å²) in [5.74, 6) is 0. The molecule has 94 valence electrons. The summed E-state index contributed by atoms with van der Waals surface area (Å²) in [6.07, 6.45) is 9.57. The van der Waals surface area contributed by atoms with E-state index in [0.717, 1.165) is 6.42 Å². The van der Waals surface area contributed by atoms with Crippen LogP contribution in [0.5, 0.6) is 0 Å². The maximum absolute atomic E-state index is 2.31. The zero-order valence-corrected chi connectivity index (χ0v) is 11.5. The monoisotopic (exact) mass is 246 g/mol. The van der Waals surface area contributed by atoms with Gasteiger partial charge in [0.15, 0.2) is 0 Å². The molecule has 0 nitrogen and oxygen atoms in total. The Bertz CT molecular complexity index is 613. The smallest absolute Gasteiger partial charge is 0.00134 e. The largest absolute Gasteiger partial charge is 0.0871 e. The highest BCUT2D eigenvalue weighted by Gasteiger charge is 2.18. The van der Waals surface area contributed by atoms with E-state index in [1.165, 1.54) is 33.4 Å². The molecule has 0 heteroatoms. The summed E-state index contributed by atoms with van der Waals surface area (Å²) >= 11 is 0. The van der Waals surface area contributed by atoms with Gasteiger partial charge in [-0.25, -0.2) is 0 Å². The zero-order valence-electron chi connectivity index (χ0n) is 11.5. The molecule has 0 aliphatic heterocycles. The molecule has 0 aromatic heterocycles. The molecule has 3 rings (SSSR count). The molecule has 0 bridgehead atoms. The molecule has 1 aliphatic carbocycles. The van der Waals surface area contributed by atoms with E-state index in [1.54, 1.807) is 0 Å². The highest BCUT2D eigenvalue weighted by molar-refractivity contribution is 5.80. The lowest BCUT2D eigenvalue weighted by molar-refractivity contribution is 1.26. The Morgan fingerprint density at radius 1 is 0.737 bits per heavy atom. The topological polar surface area (TPSA) is 0 Å². The lowest BCUT2D eigenvalue weighted by Gasteiger charge is -2.04. The Morgan fingerprint density at radius 2 is 1.21 bits per heavy atom. The van der Waals surface area contributed by atoms with Crippen LogP contribution in [0.15, 0.2) is 48.6 Å². The molecule has 0 fully saturated rings. The minimum absolute atomic E-state index is 1.07. The minimum atomic E-state index is 1.07. The average molecular weight is 246 g/mol. The maximum atomic E-state index is 2.31. The first kappa shape index (κ1) is 12.0. The van der Waals surface area contributed by atoms with Crippen LogP contribution in [0.2, 0.25) is 0 Å². The zero-order chi connectivity index (χ0) is 13.2. The summed E-state index contributed by atoms with van der Waals surface area (Å²) in [5, 5.41) is 0. The summed E-state index contributed by atoms with van der Waals surface area (Å²) < 4.78 is 0. The molecule has 0 saturated carbocycles. The van der Waals surface area contributed by atoms with Crippen molar-refractivity contribution < 1.29 is 0 Å². The van der Waals surface area contributed by atoms with Crippen LogP contribution in [0, 0.1) is 0 Å². The van der Waals surface area contributed by atoms with Crippen LogP contribution >= 0.6 is 0 Å². The predicted molar refractivity (Wildman–Crippen MR) is 84.1 cm³/mol. The third-order valence-corrected chi connectivity index (χ3v) is 3.66. The van der Waals surface area contributed by atoms with Crippen LogP contribution in [0.1, 0.15) is 36.1 Å². The highest BCUT2D eigenvalue weighted by atomic mass is 14.2. The average Bonchev–Trinajstić information content (AvgIpc) is 2.77. The molecule has 0 unspecified atom stereocenters. The number of fused-ring (bicyclic) bond motifs is 3. The van der Waals surface area contributed by atoms with Crippen molar-refractivity contribution in [3.63, 3.8) is 0 Å². The third kappa shape index (κ3) is 2.15. The van der Waals surface area contributed by atoms with Gasteiger partial charge < -0.3 is 0 Å². The van der Waals surface area contributed by atoms with Gasteiger partial charge in [-0.05, 0) is 65.8 Å². The second-order valence-electron chi connectivity index (χ2n) is 5.01. The summed E-state index contributed by atoms with van der Waals surface area (Å²) in [4.78, 5) is 0. The summed E-state index contributed by atoms with van der Waals surface area (Å²) in [6.45, 7) is 4.12. The number of benzene rings is 2. The van der Waals surface area contributed by atoms with Crippen molar-refractivity contribution in [3.05, 3.63) is 70.8 Å². The third-order valence-electron chi connectivity index (χ3n) is 3.66. The van der Waals surface area contributed by atoms with Crippen LogP contribution in [0.25, 0.3) is 23.3 Å². The molecule has 0 amide bonds. The van der Waals surface area contributed by atoms with Crippen molar-refractivity contribution in [2.75, 3.05) is 0 Å². The molecule has 0 radical (unpaired) electrons. The molecule has 0 atom stereocenters. The number of hydrogen-bond donors (Lipinski definition) is 0. The molecule has 2 aromatic rings. The second-order valence-corrected chi connectivity index (χ2v) is 5.01. The Labute approximate surface area is 115 Å². The summed E-state index contributed by atoms with van der Waals surface area (Å²) in [7, 11) is 0. The quantitative estimate of drug-likeness (QED) is 0.573. The Morgan fingerprint density at radius 3 is 1.63 bits per heavy atom. The molecule has 19 heavy (non-hydrogen) atoms. The van der Waals surface area contributed by atoms with E-state index in [9.17, 15) is 0 Å². The van der Waals surface area contributed by atoms with Gasteiger partial charge in [0, 0.05) is 0 Å². The van der Waals surface area contributed by atoms with Crippen molar-refractivity contribution in [2.24, 2.45) is 0 Å². The molecule has 0 heterocycles. The minimum Gasteiger partial charge on any atom is -0.0871 e. The van der Waals surface area contributed by atoms with Gasteiger partial charge >= 0.3 is 0 Å². The highest BCUT2D eigenvalue weighted by Crippen LogP contribution is 2.38. The van der Waals surface area contributed by atoms with Crippen molar-refractivity contribution >= 4 is 12.2 Å². The van der Waals surface area contributed by atoms with Gasteiger partial charge in [0.05, 0.1) is 0 Å². The van der Waals surface area contributed by atoms with E-state index in [0.29, 0.717) is 0 Å². The van der Waals surface area contributed by atoms with E-state index < -0.39 is 0 Å². The van der Waals surface area contributed by atoms with Crippen molar-refractivity contribution in [2.45, 2.75) is 20.3 Å². The van der Waals surface area contributed by atoms with Crippen molar-refractivity contribution in [1.82, 2.24) is 0 Å². The first-order valence-corrected chi connectivity index (χ1v) is 6.83. The Hall–Kier alpha value is -2.08. The first-order chi connectivity index (χ1) is 9.31. The molecule has 2 aromatic carbocycles. The first-order valence-electron chi connectivity index (χ1n) is 6.83. The molecular weight excluding hydrogens is 228 g/mol. The van der Waals surface area contributed by atoms with Crippen LogP contribution in [-0.2, 0) is 6.42 Å². The fraction of sp³-hybridized carbons (Fsp3) is 0.158. The van der Waals surface area contributed by atoms with Crippen molar-refractivity contribution in [1.29, 1.82) is 0 Å². The molecule has 0 spiro atoms. The van der Waals surface area contributed by atoms with E-state index >= 15 is 0 Å². The van der Waals surface area contributed by atoms with Gasteiger partial charge in [0.1, 0.15) is 0 Å². The standard InChI is InChI=1S/C19H18/c1-3-5-14-7-9-16-13-17-10-8-15(6-4-2)12-19(17)18(16)11-14/h3-12H,13H2,1-2H3. The fourth-order valence-electron chi connectivity index (χ4n) is 2.80. The fourth-order valence-corrected chi connectivity index (χ4v) is 2.80. The van der Waals surface area contributed by atoms with E-state index in [2.05, 4.69) is 74.5 Å². The Kier molecular flexibility index (Phi) is 3.08. The maximum Gasteiger partial charge on any atom is -0.00134 e. The summed E-state index contributed by atoms with van der Waals surface area (Å²) in [6, 6.07) is 13.6. The lowest BCUT2D eigenvalue weighted by atomic mass is 10.0. The van der Waals surface area contributed by atoms with Crippen LogP contribution in [-0.4, -0.2) is 0 Å². The number of hydrogen-bond acceptors (Lipinski definition) is 0. The van der Waals surface area contributed by atoms with Gasteiger partial charge in [-0.15, -0.1) is 0 Å². The van der Waals surface area contributed by atoms with E-state index in [4.69, 9.17) is 0 Å². The second kappa shape index (κ2) is 4.89. The predicted octanol–water partition coefficient (Wildman–Crippen LogP) is 5.32. The molecule has 0 N–H and O–H groups in total. The molecular formula is C19H18. The normalized spacial score (nSPS) is 13.2. The van der Waals surface area contributed by atoms with Gasteiger partial charge in [-0.2, -0.15) is 0 Å². The van der Waals surface area contributed by atoms with Gasteiger partial charge in [-0.3, -0.25) is 0 Å². The van der Waals surface area contributed by atoms with Crippen LogP contribution in [0.3, 0.4) is 0 Å². The van der Waals surface area contributed by atoms with E-state index in [1.807, 2.05) is 0 Å². The van der Waals surface area contributed by atoms with Gasteiger partial charge in [0.2, 0.25) is 0 Å². The Balaban J connectivity index is 2.13.